The number of fused-ring (bicyclic) bond motifs is 1. The lowest BCUT2D eigenvalue weighted by Crippen LogP contribution is -2.13. The van der Waals surface area contributed by atoms with Gasteiger partial charge in [-0.15, -0.1) is 0 Å². The normalized spacial score (nSPS) is 11.2. The van der Waals surface area contributed by atoms with Crippen LogP contribution in [0, 0.1) is 36.0 Å². The van der Waals surface area contributed by atoms with Crippen molar-refractivity contribution >= 4 is 38.6 Å². The van der Waals surface area contributed by atoms with E-state index in [-0.39, 0.29) is 22.4 Å². The van der Waals surface area contributed by atoms with Gasteiger partial charge < -0.3 is 14.5 Å². The molecule has 0 fully saturated rings. The Balaban J connectivity index is 1.72. The minimum absolute atomic E-state index is 0.00261. The Labute approximate surface area is 191 Å². The topological polar surface area (TPSA) is 64.4 Å². The molecule has 4 rings (SSSR count). The third kappa shape index (κ3) is 3.92. The number of nitrogens with zero attached hydrogens (tertiary/aromatic N) is 1. The van der Waals surface area contributed by atoms with Gasteiger partial charge in [0.05, 0.1) is 12.7 Å². The Morgan fingerprint density at radius 1 is 1.00 bits per heavy atom. The highest BCUT2D eigenvalue weighted by atomic mass is 79.9. The number of ether oxygens (including phenoxy) is 1. The number of hydrogen-bond acceptors (Lipinski definition) is 4. The first kappa shape index (κ1) is 22.7. The monoisotopic (exact) mass is 526 g/mol. The van der Waals surface area contributed by atoms with Crippen LogP contribution in [-0.2, 0) is 0 Å². The highest BCUT2D eigenvalue weighted by Crippen LogP contribution is 2.34. The molecule has 0 saturated carbocycles. The number of carbonyl (C=O) groups is 1. The van der Waals surface area contributed by atoms with Gasteiger partial charge in [0.1, 0.15) is 16.8 Å². The SMILES string of the molecule is COc1c(C)cc(Br)cc1C(=O)Nc1ccc2oc(-c3c(F)c(F)c(F)c(F)c3F)nc2c1. The summed E-state index contributed by atoms with van der Waals surface area (Å²) < 4.78 is 79.7. The Morgan fingerprint density at radius 2 is 1.64 bits per heavy atom. The van der Waals surface area contributed by atoms with E-state index in [9.17, 15) is 26.7 Å². The van der Waals surface area contributed by atoms with E-state index in [0.717, 1.165) is 5.56 Å². The van der Waals surface area contributed by atoms with Gasteiger partial charge in [0.2, 0.25) is 11.7 Å². The zero-order valence-corrected chi connectivity index (χ0v) is 18.4. The number of methoxy groups -OCH3 is 1. The number of aryl methyl sites for hydroxylation is 1. The number of amides is 1. The van der Waals surface area contributed by atoms with Crippen LogP contribution in [0.4, 0.5) is 27.6 Å². The van der Waals surface area contributed by atoms with E-state index in [4.69, 9.17) is 9.15 Å². The van der Waals surface area contributed by atoms with Gasteiger partial charge in [0.15, 0.2) is 28.9 Å². The van der Waals surface area contributed by atoms with Crippen LogP contribution in [0.1, 0.15) is 15.9 Å². The van der Waals surface area contributed by atoms with E-state index < -0.39 is 46.4 Å². The molecule has 0 radical (unpaired) electrons. The molecule has 1 aromatic heterocycles. The molecule has 5 nitrogen and oxygen atoms in total. The Bertz CT molecular complexity index is 1410. The average Bonchev–Trinajstić information content (AvgIpc) is 3.18. The van der Waals surface area contributed by atoms with E-state index >= 15 is 0 Å². The Kier molecular flexibility index (Phi) is 5.83. The van der Waals surface area contributed by atoms with Gasteiger partial charge in [-0.3, -0.25) is 4.79 Å². The maximum Gasteiger partial charge on any atom is 0.259 e. The standard InChI is InChI=1S/C22H12BrF5N2O3/c1-8-5-9(23)6-11(20(8)32-2)21(31)29-10-3-4-13-12(7-10)30-22(33-13)14-15(24)17(26)19(28)18(27)16(14)25/h3-7H,1-2H3,(H,29,31). The van der Waals surface area contributed by atoms with E-state index in [0.29, 0.717) is 10.2 Å². The zero-order valence-electron chi connectivity index (χ0n) is 16.8. The van der Waals surface area contributed by atoms with Crippen LogP contribution >= 0.6 is 15.9 Å². The molecule has 11 heteroatoms. The van der Waals surface area contributed by atoms with Gasteiger partial charge >= 0.3 is 0 Å². The van der Waals surface area contributed by atoms with Crippen molar-refractivity contribution in [2.75, 3.05) is 12.4 Å². The van der Waals surface area contributed by atoms with Crippen LogP contribution in [-0.4, -0.2) is 18.0 Å². The number of aromatic nitrogens is 1. The zero-order chi connectivity index (χ0) is 24.0. The summed E-state index contributed by atoms with van der Waals surface area (Å²) in [6.45, 7) is 1.77. The van der Waals surface area contributed by atoms with Gasteiger partial charge in [0, 0.05) is 10.2 Å². The lowest BCUT2D eigenvalue weighted by atomic mass is 10.1. The molecule has 0 aliphatic heterocycles. The van der Waals surface area contributed by atoms with Crippen molar-refractivity contribution in [3.8, 4) is 17.2 Å². The molecular weight excluding hydrogens is 515 g/mol. The minimum atomic E-state index is -2.28. The molecule has 0 aliphatic carbocycles. The number of nitrogens with one attached hydrogen (secondary N) is 1. The number of anilines is 1. The van der Waals surface area contributed by atoms with Crippen molar-refractivity contribution in [2.45, 2.75) is 6.92 Å². The van der Waals surface area contributed by atoms with Crippen molar-refractivity contribution in [2.24, 2.45) is 0 Å². The molecule has 0 bridgehead atoms. The molecule has 170 valence electrons. The minimum Gasteiger partial charge on any atom is -0.496 e. The summed E-state index contributed by atoms with van der Waals surface area (Å²) in [4.78, 5) is 16.6. The molecule has 0 spiro atoms. The summed E-state index contributed by atoms with van der Waals surface area (Å²) in [5, 5.41) is 2.64. The molecule has 1 amide bonds. The van der Waals surface area contributed by atoms with Crippen molar-refractivity contribution in [1.82, 2.24) is 4.98 Å². The van der Waals surface area contributed by atoms with Crippen LogP contribution < -0.4 is 10.1 Å². The average molecular weight is 527 g/mol. The number of carbonyl (C=O) groups excluding carboxylic acids is 1. The first-order valence-corrected chi connectivity index (χ1v) is 9.99. The highest BCUT2D eigenvalue weighted by molar-refractivity contribution is 9.10. The maximum atomic E-state index is 14.1. The number of halogens is 6. The second-order valence-corrected chi connectivity index (χ2v) is 7.82. The Morgan fingerprint density at radius 3 is 2.27 bits per heavy atom. The summed E-state index contributed by atoms with van der Waals surface area (Å²) in [7, 11) is 1.43. The molecule has 0 atom stereocenters. The first-order valence-electron chi connectivity index (χ1n) is 9.20. The predicted octanol–water partition coefficient (Wildman–Crippen LogP) is 6.52. The molecule has 0 unspecified atom stereocenters. The number of hydrogen-bond donors (Lipinski definition) is 1. The van der Waals surface area contributed by atoms with E-state index in [2.05, 4.69) is 26.2 Å². The van der Waals surface area contributed by atoms with Gasteiger partial charge in [-0.1, -0.05) is 15.9 Å². The van der Waals surface area contributed by atoms with Crippen molar-refractivity contribution in [3.63, 3.8) is 0 Å². The fourth-order valence-electron chi connectivity index (χ4n) is 3.27. The Hall–Kier alpha value is -3.47. The van der Waals surface area contributed by atoms with E-state index in [1.165, 1.54) is 25.3 Å². The lowest BCUT2D eigenvalue weighted by molar-refractivity contribution is 0.102. The summed E-state index contributed by atoms with van der Waals surface area (Å²) >= 11 is 3.32. The van der Waals surface area contributed by atoms with Crippen LogP contribution in [0.2, 0.25) is 0 Å². The summed E-state index contributed by atoms with van der Waals surface area (Å²) in [6, 6.07) is 7.42. The second kappa shape index (κ2) is 8.47. The fourth-order valence-corrected chi connectivity index (χ4v) is 3.85. The predicted molar refractivity (Wildman–Crippen MR) is 113 cm³/mol. The maximum absolute atomic E-state index is 14.1. The highest BCUT2D eigenvalue weighted by Gasteiger charge is 2.29. The van der Waals surface area contributed by atoms with Gasteiger partial charge in [0.25, 0.3) is 5.91 Å². The third-order valence-electron chi connectivity index (χ3n) is 4.76. The molecule has 1 heterocycles. The van der Waals surface area contributed by atoms with Crippen LogP contribution in [0.3, 0.4) is 0 Å². The molecule has 3 aromatic carbocycles. The largest absolute Gasteiger partial charge is 0.496 e. The van der Waals surface area contributed by atoms with Crippen molar-refractivity contribution < 1.29 is 35.9 Å². The summed E-state index contributed by atoms with van der Waals surface area (Å²) in [6.07, 6.45) is 0. The summed E-state index contributed by atoms with van der Waals surface area (Å²) in [5.74, 6) is -11.6. The quantitative estimate of drug-likeness (QED) is 0.187. The van der Waals surface area contributed by atoms with Crippen molar-refractivity contribution in [3.05, 3.63) is 75.0 Å². The molecular formula is C22H12BrF5N2O3. The first-order chi connectivity index (χ1) is 15.6. The van der Waals surface area contributed by atoms with Gasteiger partial charge in [-0.05, 0) is 42.8 Å². The second-order valence-electron chi connectivity index (χ2n) is 6.90. The number of rotatable bonds is 4. The third-order valence-corrected chi connectivity index (χ3v) is 5.22. The van der Waals surface area contributed by atoms with Crippen molar-refractivity contribution in [1.29, 1.82) is 0 Å². The molecule has 1 N–H and O–H groups in total. The molecule has 0 aliphatic rings. The van der Waals surface area contributed by atoms with E-state index in [1.807, 2.05) is 0 Å². The molecule has 4 aromatic rings. The smallest absolute Gasteiger partial charge is 0.259 e. The molecule has 0 saturated heterocycles. The molecule has 33 heavy (non-hydrogen) atoms. The van der Waals surface area contributed by atoms with Crippen LogP contribution in [0.25, 0.3) is 22.6 Å². The fraction of sp³-hybridized carbons (Fsp3) is 0.0909. The van der Waals surface area contributed by atoms with Gasteiger partial charge in [-0.25, -0.2) is 26.9 Å². The van der Waals surface area contributed by atoms with Gasteiger partial charge in [-0.2, -0.15) is 0 Å². The van der Waals surface area contributed by atoms with Crippen LogP contribution in [0.15, 0.2) is 39.2 Å². The number of benzene rings is 3. The number of oxazole rings is 1. The van der Waals surface area contributed by atoms with Crippen LogP contribution in [0.5, 0.6) is 5.75 Å². The lowest BCUT2D eigenvalue weighted by Gasteiger charge is -2.12. The summed E-state index contributed by atoms with van der Waals surface area (Å²) in [5.41, 5.74) is -0.0675. The van der Waals surface area contributed by atoms with E-state index in [1.54, 1.807) is 19.1 Å².